The number of hydrogen-bond donors (Lipinski definition) is 3. The van der Waals surface area contributed by atoms with Crippen LogP contribution in [-0.4, -0.2) is 21.1 Å². The van der Waals surface area contributed by atoms with E-state index in [-0.39, 0.29) is 5.91 Å². The molecule has 0 unspecified atom stereocenters. The Morgan fingerprint density at radius 1 is 1.37 bits per heavy atom. The number of amides is 1. The SMILES string of the molecule is Cc1[nH]ncc1CNC(=O)c1ccc2[nH]ccc2c1. The van der Waals surface area contributed by atoms with Gasteiger partial charge in [-0.25, -0.2) is 0 Å². The number of fused-ring (bicyclic) bond motifs is 1. The molecule has 0 aliphatic heterocycles. The van der Waals surface area contributed by atoms with Gasteiger partial charge in [0.1, 0.15) is 0 Å². The van der Waals surface area contributed by atoms with Gasteiger partial charge in [0.15, 0.2) is 0 Å². The number of nitrogens with one attached hydrogen (secondary N) is 3. The zero-order valence-electron chi connectivity index (χ0n) is 10.5. The van der Waals surface area contributed by atoms with E-state index in [1.54, 1.807) is 6.20 Å². The molecule has 0 aliphatic rings. The molecule has 96 valence electrons. The maximum absolute atomic E-state index is 12.1. The van der Waals surface area contributed by atoms with Gasteiger partial charge >= 0.3 is 0 Å². The monoisotopic (exact) mass is 254 g/mol. The van der Waals surface area contributed by atoms with Gasteiger partial charge in [0.2, 0.25) is 0 Å². The van der Waals surface area contributed by atoms with Crippen molar-refractivity contribution in [3.05, 3.63) is 53.5 Å². The van der Waals surface area contributed by atoms with Crippen molar-refractivity contribution in [2.45, 2.75) is 13.5 Å². The summed E-state index contributed by atoms with van der Waals surface area (Å²) in [5.74, 6) is -0.0799. The summed E-state index contributed by atoms with van der Waals surface area (Å²) >= 11 is 0. The van der Waals surface area contributed by atoms with Crippen molar-refractivity contribution >= 4 is 16.8 Å². The molecule has 0 radical (unpaired) electrons. The van der Waals surface area contributed by atoms with E-state index in [1.807, 2.05) is 37.4 Å². The fourth-order valence-electron chi connectivity index (χ4n) is 2.03. The van der Waals surface area contributed by atoms with Gasteiger partial charge in [-0.15, -0.1) is 0 Å². The van der Waals surface area contributed by atoms with Crippen LogP contribution >= 0.6 is 0 Å². The predicted molar refractivity (Wildman–Crippen MR) is 72.8 cm³/mol. The number of nitrogens with zero attached hydrogens (tertiary/aromatic N) is 1. The van der Waals surface area contributed by atoms with Crippen molar-refractivity contribution in [3.63, 3.8) is 0 Å². The van der Waals surface area contributed by atoms with Crippen LogP contribution in [0.4, 0.5) is 0 Å². The van der Waals surface area contributed by atoms with Crippen LogP contribution in [0.2, 0.25) is 0 Å². The molecule has 3 rings (SSSR count). The standard InChI is InChI=1S/C14H14N4O/c1-9-12(8-17-18-9)7-16-14(19)11-2-3-13-10(6-11)4-5-15-13/h2-6,8,15H,7H2,1H3,(H,16,19)(H,17,18). The first-order valence-corrected chi connectivity index (χ1v) is 6.08. The molecule has 2 heterocycles. The lowest BCUT2D eigenvalue weighted by Crippen LogP contribution is -2.22. The van der Waals surface area contributed by atoms with Crippen molar-refractivity contribution in [1.29, 1.82) is 0 Å². The van der Waals surface area contributed by atoms with Crippen molar-refractivity contribution in [3.8, 4) is 0 Å². The normalized spacial score (nSPS) is 10.8. The zero-order valence-corrected chi connectivity index (χ0v) is 10.5. The van der Waals surface area contributed by atoms with E-state index in [0.29, 0.717) is 12.1 Å². The minimum atomic E-state index is -0.0799. The summed E-state index contributed by atoms with van der Waals surface area (Å²) in [5.41, 5.74) is 3.66. The highest BCUT2D eigenvalue weighted by atomic mass is 16.1. The molecule has 3 aromatic rings. The molecule has 0 aliphatic carbocycles. The van der Waals surface area contributed by atoms with E-state index < -0.39 is 0 Å². The second kappa shape index (κ2) is 4.61. The van der Waals surface area contributed by atoms with Gasteiger partial charge < -0.3 is 10.3 Å². The Bertz CT molecular complexity index is 726. The maximum Gasteiger partial charge on any atom is 0.251 e. The summed E-state index contributed by atoms with van der Waals surface area (Å²) in [7, 11) is 0. The third-order valence-electron chi connectivity index (χ3n) is 3.19. The number of carbonyl (C=O) groups excluding carboxylic acids is 1. The number of aromatic nitrogens is 3. The first-order valence-electron chi connectivity index (χ1n) is 6.08. The highest BCUT2D eigenvalue weighted by molar-refractivity contribution is 5.98. The molecular formula is C14H14N4O. The molecule has 0 saturated carbocycles. The molecule has 3 N–H and O–H groups in total. The average Bonchev–Trinajstić information content (AvgIpc) is 3.03. The molecule has 1 amide bonds. The van der Waals surface area contributed by atoms with Gasteiger partial charge in [0.05, 0.1) is 6.20 Å². The van der Waals surface area contributed by atoms with E-state index in [2.05, 4.69) is 20.5 Å². The van der Waals surface area contributed by atoms with Gasteiger partial charge in [0, 0.05) is 40.5 Å². The first kappa shape index (κ1) is 11.5. The van der Waals surface area contributed by atoms with Crippen LogP contribution in [0.5, 0.6) is 0 Å². The lowest BCUT2D eigenvalue weighted by Gasteiger charge is -2.04. The Balaban J connectivity index is 1.74. The molecule has 0 atom stereocenters. The van der Waals surface area contributed by atoms with Crippen LogP contribution in [0, 0.1) is 6.92 Å². The Labute approximate surface area is 110 Å². The summed E-state index contributed by atoms with van der Waals surface area (Å²) in [4.78, 5) is 15.2. The van der Waals surface area contributed by atoms with Crippen LogP contribution in [-0.2, 0) is 6.54 Å². The van der Waals surface area contributed by atoms with Gasteiger partial charge in [-0.05, 0) is 31.2 Å². The number of aryl methyl sites for hydroxylation is 1. The Kier molecular flexibility index (Phi) is 2.79. The highest BCUT2D eigenvalue weighted by Crippen LogP contribution is 2.14. The molecule has 5 nitrogen and oxygen atoms in total. The molecule has 19 heavy (non-hydrogen) atoms. The molecule has 0 fully saturated rings. The third kappa shape index (κ3) is 2.22. The Hall–Kier alpha value is -2.56. The van der Waals surface area contributed by atoms with E-state index in [0.717, 1.165) is 22.2 Å². The summed E-state index contributed by atoms with van der Waals surface area (Å²) in [6, 6.07) is 7.56. The number of carbonyl (C=O) groups is 1. The number of aromatic amines is 2. The van der Waals surface area contributed by atoms with E-state index in [1.165, 1.54) is 0 Å². The first-order chi connectivity index (χ1) is 9.24. The molecule has 0 saturated heterocycles. The summed E-state index contributed by atoms with van der Waals surface area (Å²) < 4.78 is 0. The van der Waals surface area contributed by atoms with Crippen LogP contribution < -0.4 is 5.32 Å². The van der Waals surface area contributed by atoms with Crippen LogP contribution in [0.25, 0.3) is 10.9 Å². The Morgan fingerprint density at radius 3 is 3.05 bits per heavy atom. The quantitative estimate of drug-likeness (QED) is 0.670. The zero-order chi connectivity index (χ0) is 13.2. The summed E-state index contributed by atoms with van der Waals surface area (Å²) in [6.45, 7) is 2.41. The summed E-state index contributed by atoms with van der Waals surface area (Å²) in [5, 5.41) is 10.7. The molecule has 2 aromatic heterocycles. The van der Waals surface area contributed by atoms with Crippen LogP contribution in [0.3, 0.4) is 0 Å². The number of hydrogen-bond acceptors (Lipinski definition) is 2. The highest BCUT2D eigenvalue weighted by Gasteiger charge is 2.08. The second-order valence-corrected chi connectivity index (χ2v) is 4.48. The fourth-order valence-corrected chi connectivity index (χ4v) is 2.03. The third-order valence-corrected chi connectivity index (χ3v) is 3.19. The number of benzene rings is 1. The second-order valence-electron chi connectivity index (χ2n) is 4.48. The van der Waals surface area contributed by atoms with E-state index in [9.17, 15) is 4.79 Å². The van der Waals surface area contributed by atoms with Crippen molar-refractivity contribution in [1.82, 2.24) is 20.5 Å². The van der Waals surface area contributed by atoms with Crippen molar-refractivity contribution in [2.24, 2.45) is 0 Å². The number of H-pyrrole nitrogens is 2. The molecule has 5 heteroatoms. The van der Waals surface area contributed by atoms with Crippen molar-refractivity contribution < 1.29 is 4.79 Å². The molecule has 0 bridgehead atoms. The van der Waals surface area contributed by atoms with E-state index >= 15 is 0 Å². The minimum absolute atomic E-state index is 0.0799. The lowest BCUT2D eigenvalue weighted by molar-refractivity contribution is 0.0951. The van der Waals surface area contributed by atoms with Crippen LogP contribution in [0.1, 0.15) is 21.6 Å². The fraction of sp³-hybridized carbons (Fsp3) is 0.143. The van der Waals surface area contributed by atoms with Crippen molar-refractivity contribution in [2.75, 3.05) is 0 Å². The smallest absolute Gasteiger partial charge is 0.251 e. The molecule has 1 aromatic carbocycles. The largest absolute Gasteiger partial charge is 0.361 e. The molecule has 0 spiro atoms. The lowest BCUT2D eigenvalue weighted by atomic mass is 10.1. The predicted octanol–water partition coefficient (Wildman–Crippen LogP) is 2.13. The van der Waals surface area contributed by atoms with E-state index in [4.69, 9.17) is 0 Å². The van der Waals surface area contributed by atoms with Gasteiger partial charge in [-0.1, -0.05) is 0 Å². The van der Waals surface area contributed by atoms with Crippen LogP contribution in [0.15, 0.2) is 36.7 Å². The average molecular weight is 254 g/mol. The summed E-state index contributed by atoms with van der Waals surface area (Å²) in [6.07, 6.45) is 3.59. The number of rotatable bonds is 3. The maximum atomic E-state index is 12.1. The molecular weight excluding hydrogens is 240 g/mol. The Morgan fingerprint density at radius 2 is 2.26 bits per heavy atom. The topological polar surface area (TPSA) is 73.6 Å². The van der Waals surface area contributed by atoms with Gasteiger partial charge in [-0.3, -0.25) is 9.89 Å². The van der Waals surface area contributed by atoms with Gasteiger partial charge in [-0.2, -0.15) is 5.10 Å². The van der Waals surface area contributed by atoms with Gasteiger partial charge in [0.25, 0.3) is 5.91 Å². The minimum Gasteiger partial charge on any atom is -0.361 e.